The van der Waals surface area contributed by atoms with Crippen LogP contribution in [0.1, 0.15) is 34.6 Å². The van der Waals surface area contributed by atoms with Gasteiger partial charge < -0.3 is 15.4 Å². The van der Waals surface area contributed by atoms with Crippen LogP contribution in [-0.4, -0.2) is 51.7 Å². The Hall–Kier alpha value is -2.58. The summed E-state index contributed by atoms with van der Waals surface area (Å²) < 4.78 is 5.48. The minimum atomic E-state index is -0.558. The quantitative estimate of drug-likeness (QED) is 0.642. The molecule has 2 heterocycles. The number of aromatic nitrogens is 1. The Labute approximate surface area is 146 Å². The van der Waals surface area contributed by atoms with Gasteiger partial charge in [0.1, 0.15) is 11.4 Å². The van der Waals surface area contributed by atoms with Crippen LogP contribution in [0.5, 0.6) is 0 Å². The van der Waals surface area contributed by atoms with Crippen LogP contribution >= 0.6 is 0 Å². The largest absolute Gasteiger partial charge is 0.444 e. The molecule has 2 rings (SSSR count). The minimum Gasteiger partial charge on any atom is -0.444 e. The first-order valence-corrected chi connectivity index (χ1v) is 8.16. The fourth-order valence-corrected chi connectivity index (χ4v) is 2.97. The number of hydrogen-bond donors (Lipinski definition) is 1. The molecule has 2 atom stereocenters. The molecule has 0 spiro atoms. The first-order chi connectivity index (χ1) is 11.5. The SMILES string of the molecule is C[C@@H]1CN(c2ccc([N+](=O)[O-])c(N)n2)C[C@H](C)N1C(=O)OC(C)(C)C. The van der Waals surface area contributed by atoms with Gasteiger partial charge in [0.2, 0.25) is 5.82 Å². The van der Waals surface area contributed by atoms with Crippen LogP contribution in [0.3, 0.4) is 0 Å². The van der Waals surface area contributed by atoms with E-state index >= 15 is 0 Å². The highest BCUT2D eigenvalue weighted by Crippen LogP contribution is 2.27. The third kappa shape index (κ3) is 4.28. The number of rotatable bonds is 2. The lowest BCUT2D eigenvalue weighted by atomic mass is 10.1. The number of nitro groups is 1. The number of anilines is 2. The first-order valence-electron chi connectivity index (χ1n) is 8.16. The molecular formula is C16H25N5O4. The number of carbonyl (C=O) groups excluding carboxylic acids is 1. The van der Waals surface area contributed by atoms with E-state index in [2.05, 4.69) is 4.98 Å². The van der Waals surface area contributed by atoms with Gasteiger partial charge in [-0.1, -0.05) is 0 Å². The van der Waals surface area contributed by atoms with Crippen molar-refractivity contribution in [2.24, 2.45) is 0 Å². The maximum atomic E-state index is 12.4. The van der Waals surface area contributed by atoms with Crippen molar-refractivity contribution in [3.8, 4) is 0 Å². The molecule has 138 valence electrons. The summed E-state index contributed by atoms with van der Waals surface area (Å²) in [6, 6.07) is 2.73. The van der Waals surface area contributed by atoms with E-state index in [4.69, 9.17) is 10.5 Å². The second kappa shape index (κ2) is 6.73. The summed E-state index contributed by atoms with van der Waals surface area (Å²) in [6.45, 7) is 10.4. The van der Waals surface area contributed by atoms with Gasteiger partial charge in [-0.2, -0.15) is 0 Å². The predicted molar refractivity (Wildman–Crippen MR) is 94.5 cm³/mol. The van der Waals surface area contributed by atoms with E-state index in [1.54, 1.807) is 11.0 Å². The maximum Gasteiger partial charge on any atom is 0.410 e. The molecule has 1 amide bonds. The van der Waals surface area contributed by atoms with E-state index in [9.17, 15) is 14.9 Å². The number of pyridine rings is 1. The number of nitrogens with zero attached hydrogens (tertiary/aromatic N) is 4. The molecule has 9 nitrogen and oxygen atoms in total. The number of nitrogens with two attached hydrogens (primary N) is 1. The summed E-state index contributed by atoms with van der Waals surface area (Å²) in [5, 5.41) is 10.9. The molecule has 1 fully saturated rings. The monoisotopic (exact) mass is 351 g/mol. The summed E-state index contributed by atoms with van der Waals surface area (Å²) >= 11 is 0. The number of carbonyl (C=O) groups is 1. The summed E-state index contributed by atoms with van der Waals surface area (Å²) in [7, 11) is 0. The number of nitrogen functional groups attached to an aromatic ring is 1. The van der Waals surface area contributed by atoms with Crippen LogP contribution in [0, 0.1) is 10.1 Å². The maximum absolute atomic E-state index is 12.4. The number of ether oxygens (including phenoxy) is 1. The van der Waals surface area contributed by atoms with Crippen molar-refractivity contribution >= 4 is 23.4 Å². The molecule has 0 aromatic carbocycles. The van der Waals surface area contributed by atoms with E-state index in [1.165, 1.54) is 6.07 Å². The van der Waals surface area contributed by atoms with Crippen molar-refractivity contribution in [3.63, 3.8) is 0 Å². The minimum absolute atomic E-state index is 0.100. The van der Waals surface area contributed by atoms with Crippen LogP contribution < -0.4 is 10.6 Å². The van der Waals surface area contributed by atoms with E-state index in [0.717, 1.165) is 0 Å². The molecule has 0 radical (unpaired) electrons. The van der Waals surface area contributed by atoms with E-state index < -0.39 is 10.5 Å². The van der Waals surface area contributed by atoms with Crippen molar-refractivity contribution in [2.75, 3.05) is 23.7 Å². The van der Waals surface area contributed by atoms with Crippen LogP contribution in [-0.2, 0) is 4.74 Å². The van der Waals surface area contributed by atoms with Crippen molar-refractivity contribution in [2.45, 2.75) is 52.3 Å². The molecule has 2 N–H and O–H groups in total. The van der Waals surface area contributed by atoms with Gasteiger partial charge >= 0.3 is 11.8 Å². The molecule has 1 aromatic rings. The van der Waals surface area contributed by atoms with Gasteiger partial charge in [-0.25, -0.2) is 9.78 Å². The average molecular weight is 351 g/mol. The van der Waals surface area contributed by atoms with Gasteiger partial charge in [-0.3, -0.25) is 15.0 Å². The normalized spacial score (nSPS) is 21.2. The van der Waals surface area contributed by atoms with Crippen LogP contribution in [0.4, 0.5) is 22.1 Å². The standard InChI is InChI=1S/C16H25N5O4/c1-10-8-19(13-7-6-12(21(23)24)14(17)18-13)9-11(2)20(10)15(22)25-16(3,4)5/h6-7,10-11H,8-9H2,1-5H3,(H2,17,18)/t10-,11+. The zero-order valence-corrected chi connectivity index (χ0v) is 15.2. The summed E-state index contributed by atoms with van der Waals surface area (Å²) in [4.78, 5) is 30.6. The molecular weight excluding hydrogens is 326 g/mol. The first kappa shape index (κ1) is 18.8. The molecule has 25 heavy (non-hydrogen) atoms. The third-order valence-corrected chi connectivity index (χ3v) is 3.93. The van der Waals surface area contributed by atoms with E-state index in [1.807, 2.05) is 39.5 Å². The van der Waals surface area contributed by atoms with Crippen molar-refractivity contribution < 1.29 is 14.5 Å². The highest BCUT2D eigenvalue weighted by Gasteiger charge is 2.36. The van der Waals surface area contributed by atoms with E-state index in [0.29, 0.717) is 18.9 Å². The van der Waals surface area contributed by atoms with Crippen LogP contribution in [0.2, 0.25) is 0 Å². The van der Waals surface area contributed by atoms with Gasteiger partial charge in [0.15, 0.2) is 0 Å². The molecule has 1 aliphatic heterocycles. The smallest absolute Gasteiger partial charge is 0.410 e. The Morgan fingerprint density at radius 1 is 1.32 bits per heavy atom. The lowest BCUT2D eigenvalue weighted by molar-refractivity contribution is -0.384. The zero-order valence-electron chi connectivity index (χ0n) is 15.2. The lowest BCUT2D eigenvalue weighted by Gasteiger charge is -2.44. The van der Waals surface area contributed by atoms with E-state index in [-0.39, 0.29) is 29.7 Å². The zero-order chi connectivity index (χ0) is 18.9. The fourth-order valence-electron chi connectivity index (χ4n) is 2.97. The molecule has 0 aliphatic carbocycles. The second-order valence-electron chi connectivity index (χ2n) is 7.32. The number of piperazine rings is 1. The molecule has 0 unspecified atom stereocenters. The highest BCUT2D eigenvalue weighted by molar-refractivity contribution is 5.69. The van der Waals surface area contributed by atoms with Crippen LogP contribution in [0.15, 0.2) is 12.1 Å². The average Bonchev–Trinajstić information content (AvgIpc) is 2.43. The highest BCUT2D eigenvalue weighted by atomic mass is 16.6. The van der Waals surface area contributed by atoms with Gasteiger partial charge in [0, 0.05) is 19.2 Å². The molecule has 0 bridgehead atoms. The molecule has 1 aliphatic rings. The Morgan fingerprint density at radius 3 is 2.32 bits per heavy atom. The Morgan fingerprint density at radius 2 is 1.88 bits per heavy atom. The van der Waals surface area contributed by atoms with Gasteiger partial charge in [0.25, 0.3) is 0 Å². The molecule has 1 saturated heterocycles. The second-order valence-corrected chi connectivity index (χ2v) is 7.32. The Kier molecular flexibility index (Phi) is 5.05. The summed E-state index contributed by atoms with van der Waals surface area (Å²) in [5.41, 5.74) is 4.91. The Bertz CT molecular complexity index is 661. The molecule has 9 heteroatoms. The third-order valence-electron chi connectivity index (χ3n) is 3.93. The van der Waals surface area contributed by atoms with Crippen molar-refractivity contribution in [3.05, 3.63) is 22.2 Å². The molecule has 1 aromatic heterocycles. The van der Waals surface area contributed by atoms with Gasteiger partial charge in [-0.15, -0.1) is 0 Å². The fraction of sp³-hybridized carbons (Fsp3) is 0.625. The van der Waals surface area contributed by atoms with Gasteiger partial charge in [-0.05, 0) is 40.7 Å². The predicted octanol–water partition coefficient (Wildman–Crippen LogP) is 2.41. The van der Waals surface area contributed by atoms with Crippen LogP contribution in [0.25, 0.3) is 0 Å². The summed E-state index contributed by atoms with van der Waals surface area (Å²) in [5.74, 6) is 0.447. The van der Waals surface area contributed by atoms with Crippen molar-refractivity contribution in [1.82, 2.24) is 9.88 Å². The number of amides is 1. The van der Waals surface area contributed by atoms with Gasteiger partial charge in [0.05, 0.1) is 17.0 Å². The molecule has 0 saturated carbocycles. The topological polar surface area (TPSA) is 115 Å². The lowest BCUT2D eigenvalue weighted by Crippen LogP contribution is -2.59. The Balaban J connectivity index is 2.15. The van der Waals surface area contributed by atoms with Crippen molar-refractivity contribution in [1.29, 1.82) is 0 Å². The number of hydrogen-bond acceptors (Lipinski definition) is 7. The summed E-state index contributed by atoms with van der Waals surface area (Å²) in [6.07, 6.45) is -0.344.